The Balaban J connectivity index is 1.74. The first-order chi connectivity index (χ1) is 30.3. The van der Waals surface area contributed by atoms with E-state index in [1.165, 1.54) is 0 Å². The van der Waals surface area contributed by atoms with Gasteiger partial charge in [-0.15, -0.1) is 0 Å². The van der Waals surface area contributed by atoms with E-state index < -0.39 is 232 Å². The molecule has 1 heterocycles. The molecule has 190 valence electrons. The van der Waals surface area contributed by atoms with Gasteiger partial charge in [-0.3, -0.25) is 0 Å². The first-order valence-corrected chi connectivity index (χ1v) is 12.2. The van der Waals surface area contributed by atoms with Crippen molar-refractivity contribution in [2.24, 2.45) is 0 Å². The van der Waals surface area contributed by atoms with Crippen molar-refractivity contribution in [1.29, 1.82) is 0 Å². The monoisotopic (exact) mass is 544 g/mol. The normalized spacial score (nSPS) is 20.1. The van der Waals surface area contributed by atoms with Crippen molar-refractivity contribution >= 4 is 65.0 Å². The fraction of sp³-hybridized carbons (Fsp3) is 0. The van der Waals surface area contributed by atoms with Gasteiger partial charge in [0, 0.05) is 10.8 Å². The Morgan fingerprint density at radius 1 is 0.390 bits per heavy atom. The molecule has 0 unspecified atom stereocenters. The molecular weight excluding hydrogens is 496 g/mol. The maximum absolute atomic E-state index is 10.0. The van der Waals surface area contributed by atoms with E-state index in [0.29, 0.717) is 0 Å². The van der Waals surface area contributed by atoms with Gasteiger partial charge >= 0.3 is 0 Å². The maximum Gasteiger partial charge on any atom is 0.136 e. The number of benzene rings is 8. The summed E-state index contributed by atoms with van der Waals surface area (Å²) in [6, 6.07) is -20.4. The van der Waals surface area contributed by atoms with Crippen LogP contribution in [0.2, 0.25) is 0 Å². The highest BCUT2D eigenvalue weighted by Crippen LogP contribution is 2.46. The van der Waals surface area contributed by atoms with Crippen molar-refractivity contribution in [3.05, 3.63) is 145 Å². The molecule has 9 rings (SSSR count). The predicted octanol–water partition coefficient (Wildman–Crippen LogP) is 11.5. The summed E-state index contributed by atoms with van der Waals surface area (Å²) in [5, 5.41) is -5.58. The number of hydrogen-bond acceptors (Lipinski definition) is 1. The Morgan fingerprint density at radius 2 is 1.05 bits per heavy atom. The van der Waals surface area contributed by atoms with Crippen molar-refractivity contribution in [1.82, 2.24) is 0 Å². The second-order valence-electron chi connectivity index (χ2n) is 9.01. The standard InChI is InChI=1S/C40H24O/c1-2-10-25(11-3-1)30-22-36(40-35-20-27-13-4-5-14-28(27)23-37(35)41-38(40)24-30)39-32-17-9-7-15-29(32)21-34-31-16-8-6-12-26(31)18-19-33(34)39/h1-24H/i1D,2D,3D,4D,5D,6D,7D,8D,9D,10D,11D,12D,13D,14D,15D,16D,17D,18D,19D,20D,21D,22D,23D,24D. The van der Waals surface area contributed by atoms with Gasteiger partial charge in [0.2, 0.25) is 0 Å². The summed E-state index contributed by atoms with van der Waals surface area (Å²) in [6.07, 6.45) is 0. The SMILES string of the molecule is [2H]c1c([2H])c([2H])c(-c2c([2H])c(-c3c4c([2H])c([2H])c([2H])c([2H])c4c([2H])c4c3c([2H])c([2H])c3c([2H])c([2H])c([2H])c([2H])c34)c3c(oc4c([2H])c5c([2H])c([2H])c([2H])c([2H])c5c([2H])c43)c2[2H])c([2H])c1[2H]. The van der Waals surface area contributed by atoms with Crippen LogP contribution in [0, 0.1) is 0 Å². The van der Waals surface area contributed by atoms with E-state index in [0.717, 1.165) is 0 Å². The molecule has 9 aromatic rings. The molecule has 0 N–H and O–H groups in total. The van der Waals surface area contributed by atoms with Gasteiger partial charge in [-0.2, -0.15) is 0 Å². The Labute approximate surface area is 270 Å². The second-order valence-corrected chi connectivity index (χ2v) is 9.01. The van der Waals surface area contributed by atoms with Gasteiger partial charge in [0.15, 0.2) is 0 Å². The Hall–Kier alpha value is -5.40. The van der Waals surface area contributed by atoms with Gasteiger partial charge in [-0.1, -0.05) is 115 Å². The fourth-order valence-electron chi connectivity index (χ4n) is 5.04. The minimum atomic E-state index is -0.974. The summed E-state index contributed by atoms with van der Waals surface area (Å²) in [5.41, 5.74) is -4.16. The third-order valence-corrected chi connectivity index (χ3v) is 6.76. The van der Waals surface area contributed by atoms with Crippen LogP contribution in [-0.2, 0) is 0 Å². The molecular formula is C40H24O. The molecule has 0 bridgehead atoms. The number of furan rings is 1. The summed E-state index contributed by atoms with van der Waals surface area (Å²) in [5.74, 6) is 0. The fourth-order valence-corrected chi connectivity index (χ4v) is 5.04. The molecule has 0 atom stereocenters. The van der Waals surface area contributed by atoms with Crippen molar-refractivity contribution < 1.29 is 37.3 Å². The molecule has 1 aromatic heterocycles. The largest absolute Gasteiger partial charge is 0.456 e. The highest BCUT2D eigenvalue weighted by Gasteiger charge is 2.20. The van der Waals surface area contributed by atoms with E-state index in [2.05, 4.69) is 0 Å². The van der Waals surface area contributed by atoms with Gasteiger partial charge in [-0.25, -0.2) is 0 Å². The minimum Gasteiger partial charge on any atom is -0.456 e. The topological polar surface area (TPSA) is 13.1 Å². The average molecular weight is 545 g/mol. The lowest BCUT2D eigenvalue weighted by Gasteiger charge is -2.16. The lowest BCUT2D eigenvalue weighted by molar-refractivity contribution is 0.669. The van der Waals surface area contributed by atoms with Gasteiger partial charge in [0.05, 0.1) is 32.9 Å². The molecule has 0 aliphatic rings. The van der Waals surface area contributed by atoms with Crippen LogP contribution in [0.5, 0.6) is 0 Å². The summed E-state index contributed by atoms with van der Waals surface area (Å²) >= 11 is 0. The Bertz CT molecular complexity index is 3790. The number of rotatable bonds is 2. The van der Waals surface area contributed by atoms with Crippen LogP contribution in [0.4, 0.5) is 0 Å². The molecule has 0 aliphatic carbocycles. The summed E-state index contributed by atoms with van der Waals surface area (Å²) in [6.45, 7) is 0. The van der Waals surface area contributed by atoms with Crippen molar-refractivity contribution in [3.8, 4) is 22.3 Å². The van der Waals surface area contributed by atoms with E-state index in [-0.39, 0.29) is 0 Å². The molecule has 41 heavy (non-hydrogen) atoms. The molecule has 0 amide bonds. The first-order valence-electron chi connectivity index (χ1n) is 24.2. The third-order valence-electron chi connectivity index (χ3n) is 6.76. The van der Waals surface area contributed by atoms with E-state index in [1.807, 2.05) is 0 Å². The van der Waals surface area contributed by atoms with E-state index >= 15 is 0 Å². The van der Waals surface area contributed by atoms with Gasteiger partial charge in [0.1, 0.15) is 11.2 Å². The van der Waals surface area contributed by atoms with Crippen LogP contribution < -0.4 is 0 Å². The molecule has 0 fully saturated rings. The lowest BCUT2D eigenvalue weighted by Crippen LogP contribution is -1.89. The molecule has 0 saturated carbocycles. The molecule has 0 radical (unpaired) electrons. The average Bonchev–Trinajstić information content (AvgIpc) is 3.68. The smallest absolute Gasteiger partial charge is 0.136 e. The minimum absolute atomic E-state index is 0.492. The third kappa shape index (κ3) is 3.36. The summed E-state index contributed by atoms with van der Waals surface area (Å²) < 4.78 is 220. The highest BCUT2D eigenvalue weighted by molar-refractivity contribution is 6.25. The number of fused-ring (bicyclic) bond motifs is 8. The maximum atomic E-state index is 10.0. The van der Waals surface area contributed by atoms with E-state index in [9.17, 15) is 11.0 Å². The van der Waals surface area contributed by atoms with Crippen LogP contribution in [0.25, 0.3) is 87.3 Å². The van der Waals surface area contributed by atoms with Crippen LogP contribution in [0.1, 0.15) is 32.9 Å². The Morgan fingerprint density at radius 3 is 1.88 bits per heavy atom. The van der Waals surface area contributed by atoms with Crippen molar-refractivity contribution in [3.63, 3.8) is 0 Å². The molecule has 0 spiro atoms. The zero-order chi connectivity index (χ0) is 47.8. The van der Waals surface area contributed by atoms with Crippen LogP contribution in [0.3, 0.4) is 0 Å². The van der Waals surface area contributed by atoms with Crippen LogP contribution in [0.15, 0.2) is 149 Å². The van der Waals surface area contributed by atoms with Gasteiger partial charge in [-0.05, 0) is 95.6 Å². The summed E-state index contributed by atoms with van der Waals surface area (Å²) in [7, 11) is 0. The van der Waals surface area contributed by atoms with E-state index in [4.69, 9.17) is 26.3 Å². The van der Waals surface area contributed by atoms with Gasteiger partial charge < -0.3 is 4.42 Å². The molecule has 1 nitrogen and oxygen atoms in total. The van der Waals surface area contributed by atoms with Crippen molar-refractivity contribution in [2.75, 3.05) is 0 Å². The predicted molar refractivity (Wildman–Crippen MR) is 175 cm³/mol. The van der Waals surface area contributed by atoms with Crippen LogP contribution >= 0.6 is 0 Å². The Kier molecular flexibility index (Phi) is 1.94. The molecule has 0 saturated heterocycles. The quantitative estimate of drug-likeness (QED) is 0.156. The molecule has 1 heteroatoms. The molecule has 8 aromatic carbocycles. The molecule has 0 aliphatic heterocycles. The first kappa shape index (κ1) is 9.33. The van der Waals surface area contributed by atoms with Crippen LogP contribution in [-0.4, -0.2) is 0 Å². The zero-order valence-corrected chi connectivity index (χ0v) is 20.4. The lowest BCUT2D eigenvalue weighted by atomic mass is 9.86. The second kappa shape index (κ2) is 8.55. The van der Waals surface area contributed by atoms with E-state index in [1.54, 1.807) is 0 Å². The van der Waals surface area contributed by atoms with Gasteiger partial charge in [0.25, 0.3) is 0 Å². The zero-order valence-electron chi connectivity index (χ0n) is 44.4. The highest BCUT2D eigenvalue weighted by atomic mass is 16.3. The number of hydrogen-bond donors (Lipinski definition) is 0. The van der Waals surface area contributed by atoms with Crippen molar-refractivity contribution in [2.45, 2.75) is 0 Å². The summed E-state index contributed by atoms with van der Waals surface area (Å²) in [4.78, 5) is 0.